The van der Waals surface area contributed by atoms with E-state index in [9.17, 15) is 0 Å². The van der Waals surface area contributed by atoms with Crippen LogP contribution in [0.1, 0.15) is 0 Å². The third-order valence-corrected chi connectivity index (χ3v) is 3.30. The van der Waals surface area contributed by atoms with Crippen molar-refractivity contribution in [3.63, 3.8) is 0 Å². The Hall–Kier alpha value is -0.0700. The van der Waals surface area contributed by atoms with Crippen LogP contribution in [-0.2, 0) is 0 Å². The second-order valence-electron chi connectivity index (χ2n) is 1.27. The Labute approximate surface area is 57.4 Å². The van der Waals surface area contributed by atoms with Crippen LogP contribution in [0.25, 0.3) is 4.85 Å². The average Bonchev–Trinajstić information content (AvgIpc) is 2.19. The van der Waals surface area contributed by atoms with Crippen LogP contribution in [0.3, 0.4) is 0 Å². The third kappa shape index (κ3) is 1.46. The predicted molar refractivity (Wildman–Crippen MR) is 39.6 cm³/mol. The smallest absolute Gasteiger partial charge is 0.173 e. The molecule has 0 amide bonds. The van der Waals surface area contributed by atoms with Crippen LogP contribution in [0, 0.1) is 6.57 Å². The van der Waals surface area contributed by atoms with E-state index in [1.165, 1.54) is 15.7 Å². The molecule has 0 aromatic rings. The Morgan fingerprint density at radius 2 is 2.12 bits per heavy atom. The molecule has 1 rings (SSSR count). The highest BCUT2D eigenvalue weighted by molar-refractivity contribution is 8.25. The normalized spacial score (nSPS) is 18.1. The van der Waals surface area contributed by atoms with E-state index in [0.29, 0.717) is 0 Å². The molecule has 0 aromatic heterocycles. The van der Waals surface area contributed by atoms with E-state index < -0.39 is 0 Å². The molecule has 1 saturated heterocycles. The third-order valence-electron chi connectivity index (χ3n) is 0.742. The predicted octanol–water partition coefficient (Wildman–Crippen LogP) is 2.18. The molecule has 0 N–H and O–H groups in total. The van der Waals surface area contributed by atoms with Crippen molar-refractivity contribution in [2.24, 2.45) is 0 Å². The van der Waals surface area contributed by atoms with Gasteiger partial charge in [0, 0.05) is 15.7 Å². The summed E-state index contributed by atoms with van der Waals surface area (Å²) in [6, 6.07) is 0. The maximum Gasteiger partial charge on any atom is 0.173 e. The first-order chi connectivity index (χ1) is 3.93. The summed E-state index contributed by atoms with van der Waals surface area (Å²) in [6.45, 7) is 6.49. The SMILES string of the molecule is [C-]#[N+]C=C1SCCS1. The van der Waals surface area contributed by atoms with Gasteiger partial charge in [-0.2, -0.15) is 0 Å². The van der Waals surface area contributed by atoms with Gasteiger partial charge in [0.1, 0.15) is 0 Å². The van der Waals surface area contributed by atoms with Crippen molar-refractivity contribution in [3.8, 4) is 0 Å². The van der Waals surface area contributed by atoms with Crippen molar-refractivity contribution in [2.45, 2.75) is 0 Å². The zero-order valence-corrected chi connectivity index (χ0v) is 5.89. The van der Waals surface area contributed by atoms with Gasteiger partial charge in [-0.15, -0.1) is 23.5 Å². The van der Waals surface area contributed by atoms with Crippen molar-refractivity contribution in [1.29, 1.82) is 0 Å². The molecule has 0 radical (unpaired) electrons. The maximum atomic E-state index is 6.49. The summed E-state index contributed by atoms with van der Waals surface area (Å²) in [4.78, 5) is 3.16. The fraction of sp³-hybridized carbons (Fsp3) is 0.400. The minimum absolute atomic E-state index is 1.17. The summed E-state index contributed by atoms with van der Waals surface area (Å²) in [5.74, 6) is 2.35. The summed E-state index contributed by atoms with van der Waals surface area (Å²) < 4.78 is 1.18. The summed E-state index contributed by atoms with van der Waals surface area (Å²) >= 11 is 3.55. The molecular formula is C5H5NS2. The van der Waals surface area contributed by atoms with Gasteiger partial charge >= 0.3 is 0 Å². The molecule has 1 nitrogen and oxygen atoms in total. The first kappa shape index (κ1) is 6.06. The highest BCUT2D eigenvalue weighted by atomic mass is 32.2. The quantitative estimate of drug-likeness (QED) is 0.479. The Bertz CT molecular complexity index is 137. The van der Waals surface area contributed by atoms with E-state index in [1.54, 1.807) is 29.7 Å². The first-order valence-corrected chi connectivity index (χ1v) is 4.23. The van der Waals surface area contributed by atoms with E-state index in [4.69, 9.17) is 6.57 Å². The monoisotopic (exact) mass is 143 g/mol. The first-order valence-electron chi connectivity index (χ1n) is 2.26. The molecule has 0 bridgehead atoms. The molecule has 3 heteroatoms. The Kier molecular flexibility index (Phi) is 2.31. The van der Waals surface area contributed by atoms with Gasteiger partial charge in [0.2, 0.25) is 0 Å². The molecule has 0 aliphatic carbocycles. The number of rotatable bonds is 0. The maximum absolute atomic E-state index is 6.49. The molecule has 42 valence electrons. The molecule has 1 heterocycles. The van der Waals surface area contributed by atoms with Crippen molar-refractivity contribution in [1.82, 2.24) is 0 Å². The molecule has 0 spiro atoms. The van der Waals surface area contributed by atoms with Gasteiger partial charge in [-0.05, 0) is 0 Å². The van der Waals surface area contributed by atoms with E-state index >= 15 is 0 Å². The van der Waals surface area contributed by atoms with Crippen LogP contribution >= 0.6 is 23.5 Å². The minimum Gasteiger partial charge on any atom is -0.244 e. The van der Waals surface area contributed by atoms with Crippen LogP contribution in [0.2, 0.25) is 0 Å². The lowest BCUT2D eigenvalue weighted by molar-refractivity contribution is 1.59. The summed E-state index contributed by atoms with van der Waals surface area (Å²) in [5, 5.41) is 0. The highest BCUT2D eigenvalue weighted by Crippen LogP contribution is 2.35. The molecule has 0 aromatic carbocycles. The van der Waals surface area contributed by atoms with Gasteiger partial charge in [0.15, 0.2) is 6.20 Å². The van der Waals surface area contributed by atoms with Crippen LogP contribution in [-0.4, -0.2) is 11.5 Å². The van der Waals surface area contributed by atoms with Crippen molar-refractivity contribution >= 4 is 23.5 Å². The van der Waals surface area contributed by atoms with Gasteiger partial charge < -0.3 is 0 Å². The fourth-order valence-corrected chi connectivity index (χ4v) is 2.61. The largest absolute Gasteiger partial charge is 0.244 e. The van der Waals surface area contributed by atoms with Gasteiger partial charge in [-0.25, -0.2) is 4.85 Å². The van der Waals surface area contributed by atoms with Crippen LogP contribution < -0.4 is 0 Å². The van der Waals surface area contributed by atoms with Crippen LogP contribution in [0.15, 0.2) is 10.4 Å². The van der Waals surface area contributed by atoms with Crippen LogP contribution in [0.5, 0.6) is 0 Å². The summed E-state index contributed by atoms with van der Waals surface area (Å²) in [5.41, 5.74) is 0. The van der Waals surface area contributed by atoms with Crippen molar-refractivity contribution in [3.05, 3.63) is 21.9 Å². The zero-order chi connectivity index (χ0) is 5.82. The van der Waals surface area contributed by atoms with Gasteiger partial charge in [-0.3, -0.25) is 0 Å². The Balaban J connectivity index is 2.48. The second kappa shape index (κ2) is 3.06. The molecule has 8 heavy (non-hydrogen) atoms. The van der Waals surface area contributed by atoms with Gasteiger partial charge in [0.25, 0.3) is 0 Å². The van der Waals surface area contributed by atoms with Gasteiger partial charge in [0.05, 0.1) is 6.57 Å². The molecule has 1 fully saturated rings. The molecule has 0 saturated carbocycles. The molecular weight excluding hydrogens is 138 g/mol. The number of thioether (sulfide) groups is 2. The average molecular weight is 143 g/mol. The lowest BCUT2D eigenvalue weighted by Gasteiger charge is -1.83. The molecule has 0 atom stereocenters. The number of hydrogen-bond donors (Lipinski definition) is 0. The number of nitrogens with zero attached hydrogens (tertiary/aromatic N) is 1. The van der Waals surface area contributed by atoms with E-state index in [1.807, 2.05) is 0 Å². The van der Waals surface area contributed by atoms with Crippen molar-refractivity contribution in [2.75, 3.05) is 11.5 Å². The van der Waals surface area contributed by atoms with Gasteiger partial charge in [-0.1, -0.05) is 0 Å². The molecule has 1 aliphatic heterocycles. The van der Waals surface area contributed by atoms with Crippen LogP contribution in [0.4, 0.5) is 0 Å². The minimum atomic E-state index is 1.17. The van der Waals surface area contributed by atoms with E-state index in [2.05, 4.69) is 4.85 Å². The molecule has 1 aliphatic rings. The lowest BCUT2D eigenvalue weighted by atomic mass is 11.0. The Morgan fingerprint density at radius 1 is 1.50 bits per heavy atom. The van der Waals surface area contributed by atoms with Crippen molar-refractivity contribution < 1.29 is 0 Å². The summed E-state index contributed by atoms with van der Waals surface area (Å²) in [6.07, 6.45) is 1.60. The van der Waals surface area contributed by atoms with E-state index in [-0.39, 0.29) is 0 Å². The number of hydrogen-bond acceptors (Lipinski definition) is 2. The standard InChI is InChI=1S/C5H5NS2/c1-6-4-5-7-2-3-8-5/h4H,2-3H2. The molecule has 0 unspecified atom stereocenters. The lowest BCUT2D eigenvalue weighted by Crippen LogP contribution is -1.64. The second-order valence-corrected chi connectivity index (χ2v) is 3.81. The zero-order valence-electron chi connectivity index (χ0n) is 4.26. The summed E-state index contributed by atoms with van der Waals surface area (Å²) in [7, 11) is 0. The fourth-order valence-electron chi connectivity index (χ4n) is 0.453. The van der Waals surface area contributed by atoms with E-state index in [0.717, 1.165) is 0 Å². The Morgan fingerprint density at radius 3 is 2.62 bits per heavy atom. The topological polar surface area (TPSA) is 4.36 Å². The highest BCUT2D eigenvalue weighted by Gasteiger charge is 2.05.